The number of hydrogen-bond acceptors (Lipinski definition) is 0. The molecule has 1 saturated carbocycles. The average Bonchev–Trinajstić information content (AvgIpc) is 1.86. The van der Waals surface area contributed by atoms with E-state index in [0.29, 0.717) is 5.41 Å². The van der Waals surface area contributed by atoms with Gasteiger partial charge in [0.05, 0.1) is 0 Å². The molecule has 0 aromatic rings. The van der Waals surface area contributed by atoms with E-state index in [4.69, 9.17) is 0 Å². The van der Waals surface area contributed by atoms with Gasteiger partial charge in [-0.05, 0) is 30.1 Å². The van der Waals surface area contributed by atoms with E-state index in [2.05, 4.69) is 27.7 Å². The van der Waals surface area contributed by atoms with Gasteiger partial charge in [0.15, 0.2) is 0 Å². The summed E-state index contributed by atoms with van der Waals surface area (Å²) >= 11 is 0. The smallest absolute Gasteiger partial charge is 0.0354 e. The summed E-state index contributed by atoms with van der Waals surface area (Å²) in [6.45, 7) is 11.2. The standard InChI is InChI=1S/C11H21/c1-9-5-7-10(8-6-9)11(2,3)4/h9-10H,1,5-8H2,2-4H3/t9-,10-. The molecule has 0 spiro atoms. The molecule has 1 radical (unpaired) electrons. The first-order valence-electron chi connectivity index (χ1n) is 4.83. The van der Waals surface area contributed by atoms with Crippen LogP contribution in [-0.2, 0) is 0 Å². The van der Waals surface area contributed by atoms with E-state index in [0.717, 1.165) is 11.8 Å². The predicted octanol–water partition coefficient (Wildman–Crippen LogP) is 3.67. The van der Waals surface area contributed by atoms with Gasteiger partial charge in [0, 0.05) is 0 Å². The Balaban J connectivity index is 2.39. The van der Waals surface area contributed by atoms with E-state index in [1.54, 1.807) is 0 Å². The molecule has 0 aliphatic heterocycles. The molecule has 0 heterocycles. The third kappa shape index (κ3) is 2.50. The molecule has 0 aromatic carbocycles. The summed E-state index contributed by atoms with van der Waals surface area (Å²) in [5.74, 6) is 1.69. The van der Waals surface area contributed by atoms with Gasteiger partial charge in [-0.2, -0.15) is 0 Å². The molecular weight excluding hydrogens is 132 g/mol. The summed E-state index contributed by atoms with van der Waals surface area (Å²) in [6, 6.07) is 0. The van der Waals surface area contributed by atoms with Crippen molar-refractivity contribution in [3.8, 4) is 0 Å². The first-order valence-corrected chi connectivity index (χ1v) is 4.83. The van der Waals surface area contributed by atoms with E-state index in [-0.39, 0.29) is 0 Å². The Morgan fingerprint density at radius 3 is 1.82 bits per heavy atom. The van der Waals surface area contributed by atoms with Crippen molar-refractivity contribution < 1.29 is 0 Å². The van der Waals surface area contributed by atoms with Crippen molar-refractivity contribution in [2.75, 3.05) is 0 Å². The molecule has 0 heteroatoms. The highest BCUT2D eigenvalue weighted by molar-refractivity contribution is 4.80. The summed E-state index contributed by atoms with van der Waals surface area (Å²) < 4.78 is 0. The summed E-state index contributed by atoms with van der Waals surface area (Å²) in [6.07, 6.45) is 5.50. The molecule has 1 aliphatic carbocycles. The Bertz CT molecular complexity index is 110. The van der Waals surface area contributed by atoms with Crippen LogP contribution < -0.4 is 0 Å². The van der Waals surface area contributed by atoms with Crippen molar-refractivity contribution in [1.82, 2.24) is 0 Å². The quantitative estimate of drug-likeness (QED) is 0.498. The third-order valence-electron chi connectivity index (χ3n) is 3.07. The lowest BCUT2D eigenvalue weighted by Crippen LogP contribution is -2.25. The van der Waals surface area contributed by atoms with Gasteiger partial charge in [0.25, 0.3) is 0 Å². The zero-order chi connectivity index (χ0) is 8.48. The van der Waals surface area contributed by atoms with E-state index in [1.165, 1.54) is 25.7 Å². The highest BCUT2D eigenvalue weighted by atomic mass is 14.3. The minimum absolute atomic E-state index is 0.528. The van der Waals surface area contributed by atoms with Gasteiger partial charge in [-0.1, -0.05) is 40.5 Å². The predicted molar refractivity (Wildman–Crippen MR) is 50.3 cm³/mol. The van der Waals surface area contributed by atoms with Crippen molar-refractivity contribution in [2.24, 2.45) is 17.3 Å². The Kier molecular flexibility index (Phi) is 2.61. The van der Waals surface area contributed by atoms with Crippen LogP contribution in [0.3, 0.4) is 0 Å². The fourth-order valence-corrected chi connectivity index (χ4v) is 2.03. The Morgan fingerprint density at radius 1 is 1.00 bits per heavy atom. The van der Waals surface area contributed by atoms with Crippen LogP contribution in [0.1, 0.15) is 46.5 Å². The molecule has 11 heavy (non-hydrogen) atoms. The maximum absolute atomic E-state index is 4.11. The zero-order valence-electron chi connectivity index (χ0n) is 8.19. The lowest BCUT2D eigenvalue weighted by molar-refractivity contribution is 0.162. The SMILES string of the molecule is [CH2][C@H]1CC[C@H](C(C)(C)C)CC1. The number of hydrogen-bond donors (Lipinski definition) is 0. The molecule has 0 aromatic heterocycles. The van der Waals surface area contributed by atoms with Gasteiger partial charge >= 0.3 is 0 Å². The molecule has 1 rings (SSSR count). The second-order valence-corrected chi connectivity index (χ2v) is 5.08. The number of rotatable bonds is 0. The van der Waals surface area contributed by atoms with Gasteiger partial charge in [0.1, 0.15) is 0 Å². The fraction of sp³-hybridized carbons (Fsp3) is 0.909. The van der Waals surface area contributed by atoms with Crippen LogP contribution >= 0.6 is 0 Å². The van der Waals surface area contributed by atoms with Crippen LogP contribution in [0.2, 0.25) is 0 Å². The highest BCUT2D eigenvalue weighted by Gasteiger charge is 2.27. The molecule has 1 aliphatic rings. The van der Waals surface area contributed by atoms with Crippen molar-refractivity contribution in [3.05, 3.63) is 6.92 Å². The highest BCUT2D eigenvalue weighted by Crippen LogP contribution is 2.39. The molecule has 65 valence electrons. The molecular formula is C11H21. The molecule has 1 fully saturated rings. The third-order valence-corrected chi connectivity index (χ3v) is 3.07. The maximum atomic E-state index is 4.11. The van der Waals surface area contributed by atoms with E-state index in [9.17, 15) is 0 Å². The largest absolute Gasteiger partial charge is 0.0599 e. The van der Waals surface area contributed by atoms with Crippen molar-refractivity contribution in [1.29, 1.82) is 0 Å². The van der Waals surface area contributed by atoms with Gasteiger partial charge in [0.2, 0.25) is 0 Å². The Labute approximate surface area is 71.4 Å². The minimum atomic E-state index is 0.528. The maximum Gasteiger partial charge on any atom is -0.0354 e. The zero-order valence-corrected chi connectivity index (χ0v) is 8.19. The van der Waals surface area contributed by atoms with Crippen LogP contribution in [0.4, 0.5) is 0 Å². The van der Waals surface area contributed by atoms with Crippen LogP contribution in [0.25, 0.3) is 0 Å². The Morgan fingerprint density at radius 2 is 1.45 bits per heavy atom. The first kappa shape index (κ1) is 9.09. The summed E-state index contributed by atoms with van der Waals surface area (Å²) in [5.41, 5.74) is 0.528. The second kappa shape index (κ2) is 3.16. The lowest BCUT2D eigenvalue weighted by Gasteiger charge is -2.35. The van der Waals surface area contributed by atoms with E-state index in [1.807, 2.05) is 0 Å². The molecule has 0 bridgehead atoms. The van der Waals surface area contributed by atoms with Crippen molar-refractivity contribution in [3.63, 3.8) is 0 Å². The monoisotopic (exact) mass is 153 g/mol. The fourth-order valence-electron chi connectivity index (χ4n) is 2.03. The van der Waals surface area contributed by atoms with Crippen LogP contribution in [0.5, 0.6) is 0 Å². The van der Waals surface area contributed by atoms with Gasteiger partial charge in [-0.15, -0.1) is 0 Å². The summed E-state index contributed by atoms with van der Waals surface area (Å²) in [5, 5.41) is 0. The summed E-state index contributed by atoms with van der Waals surface area (Å²) in [4.78, 5) is 0. The second-order valence-electron chi connectivity index (χ2n) is 5.08. The van der Waals surface area contributed by atoms with Crippen molar-refractivity contribution >= 4 is 0 Å². The van der Waals surface area contributed by atoms with Crippen LogP contribution in [-0.4, -0.2) is 0 Å². The average molecular weight is 153 g/mol. The van der Waals surface area contributed by atoms with Gasteiger partial charge in [-0.3, -0.25) is 0 Å². The van der Waals surface area contributed by atoms with Crippen LogP contribution in [0.15, 0.2) is 0 Å². The topological polar surface area (TPSA) is 0 Å². The lowest BCUT2D eigenvalue weighted by atomic mass is 9.70. The summed E-state index contributed by atoms with van der Waals surface area (Å²) in [7, 11) is 0. The Hall–Kier alpha value is 0. The molecule has 0 unspecified atom stereocenters. The molecule has 0 amide bonds. The first-order chi connectivity index (χ1) is 5.00. The molecule has 0 atom stereocenters. The molecule has 0 N–H and O–H groups in total. The van der Waals surface area contributed by atoms with Gasteiger partial charge in [-0.25, -0.2) is 0 Å². The normalized spacial score (nSPS) is 33.8. The van der Waals surface area contributed by atoms with Gasteiger partial charge < -0.3 is 0 Å². The van der Waals surface area contributed by atoms with Crippen LogP contribution in [0, 0.1) is 24.2 Å². The van der Waals surface area contributed by atoms with Crippen molar-refractivity contribution in [2.45, 2.75) is 46.5 Å². The van der Waals surface area contributed by atoms with E-state index < -0.39 is 0 Å². The van der Waals surface area contributed by atoms with E-state index >= 15 is 0 Å². The minimum Gasteiger partial charge on any atom is -0.0599 e. The molecule has 0 saturated heterocycles. The molecule has 0 nitrogen and oxygen atoms in total.